The summed E-state index contributed by atoms with van der Waals surface area (Å²) in [5.74, 6) is 0. The van der Waals surface area contributed by atoms with E-state index >= 15 is 0 Å². The van der Waals surface area contributed by atoms with Gasteiger partial charge in [-0.15, -0.1) is 0 Å². The van der Waals surface area contributed by atoms with Crippen LogP contribution in [0.15, 0.2) is 28.7 Å². The Morgan fingerprint density at radius 3 is 2.93 bits per heavy atom. The summed E-state index contributed by atoms with van der Waals surface area (Å²) in [6.07, 6.45) is 2.19. The van der Waals surface area contributed by atoms with Crippen molar-refractivity contribution in [2.75, 3.05) is 11.9 Å². The molecule has 14 heavy (non-hydrogen) atoms. The van der Waals surface area contributed by atoms with Crippen molar-refractivity contribution in [1.82, 2.24) is 0 Å². The van der Waals surface area contributed by atoms with Crippen LogP contribution in [0.2, 0.25) is 0 Å². The molecule has 0 bridgehead atoms. The van der Waals surface area contributed by atoms with E-state index in [1.165, 1.54) is 0 Å². The quantitative estimate of drug-likeness (QED) is 0.796. The molecule has 0 spiro atoms. The third-order valence-corrected chi connectivity index (χ3v) is 2.48. The van der Waals surface area contributed by atoms with E-state index < -0.39 is 0 Å². The van der Waals surface area contributed by atoms with E-state index in [-0.39, 0.29) is 0 Å². The van der Waals surface area contributed by atoms with Crippen molar-refractivity contribution in [2.45, 2.75) is 25.8 Å². The summed E-state index contributed by atoms with van der Waals surface area (Å²) in [6.45, 7) is 3.02. The van der Waals surface area contributed by atoms with Crippen molar-refractivity contribution >= 4 is 21.6 Å². The fourth-order valence-electron chi connectivity index (χ4n) is 1.26. The number of benzene rings is 1. The first kappa shape index (κ1) is 11.5. The maximum atomic E-state index is 5.66. The Labute approximate surface area is 94.0 Å². The number of nitrogens with two attached hydrogens (primary N) is 1. The first-order valence-corrected chi connectivity index (χ1v) is 5.73. The second-order valence-corrected chi connectivity index (χ2v) is 4.47. The summed E-state index contributed by atoms with van der Waals surface area (Å²) < 4.78 is 1.11. The Hall–Kier alpha value is -0.540. The van der Waals surface area contributed by atoms with Crippen molar-refractivity contribution in [3.05, 3.63) is 28.7 Å². The van der Waals surface area contributed by atoms with Crippen LogP contribution in [0.25, 0.3) is 0 Å². The molecule has 1 aromatic rings. The van der Waals surface area contributed by atoms with Gasteiger partial charge in [0, 0.05) is 22.7 Å². The van der Waals surface area contributed by atoms with E-state index in [4.69, 9.17) is 5.73 Å². The van der Waals surface area contributed by atoms with Gasteiger partial charge in [0.05, 0.1) is 0 Å². The highest BCUT2D eigenvalue weighted by Crippen LogP contribution is 2.15. The predicted molar refractivity (Wildman–Crippen MR) is 65.5 cm³/mol. The number of hydrogen-bond acceptors (Lipinski definition) is 2. The van der Waals surface area contributed by atoms with Gasteiger partial charge in [0.1, 0.15) is 0 Å². The Balaban J connectivity index is 2.25. The summed E-state index contributed by atoms with van der Waals surface area (Å²) in [7, 11) is 0. The second kappa shape index (κ2) is 6.04. The van der Waals surface area contributed by atoms with E-state index in [1.807, 2.05) is 19.1 Å². The zero-order chi connectivity index (χ0) is 10.4. The Bertz CT molecular complexity index is 274. The Kier molecular flexibility index (Phi) is 4.98. The summed E-state index contributed by atoms with van der Waals surface area (Å²) in [5.41, 5.74) is 6.82. The second-order valence-electron chi connectivity index (χ2n) is 3.56. The van der Waals surface area contributed by atoms with Gasteiger partial charge < -0.3 is 11.1 Å². The van der Waals surface area contributed by atoms with Gasteiger partial charge >= 0.3 is 0 Å². The topological polar surface area (TPSA) is 38.0 Å². The average Bonchev–Trinajstić information content (AvgIpc) is 2.12. The smallest absolute Gasteiger partial charge is 0.0351 e. The lowest BCUT2D eigenvalue weighted by Gasteiger charge is -2.07. The number of nitrogens with one attached hydrogen (secondary N) is 1. The molecule has 0 aliphatic heterocycles. The van der Waals surface area contributed by atoms with Crippen molar-refractivity contribution in [1.29, 1.82) is 0 Å². The first-order valence-electron chi connectivity index (χ1n) is 4.93. The third-order valence-electron chi connectivity index (χ3n) is 1.99. The molecule has 1 aromatic carbocycles. The van der Waals surface area contributed by atoms with Gasteiger partial charge in [0.2, 0.25) is 0 Å². The summed E-state index contributed by atoms with van der Waals surface area (Å²) in [6, 6.07) is 8.49. The Morgan fingerprint density at radius 1 is 1.50 bits per heavy atom. The van der Waals surface area contributed by atoms with Crippen molar-refractivity contribution < 1.29 is 0 Å². The Morgan fingerprint density at radius 2 is 2.29 bits per heavy atom. The lowest BCUT2D eigenvalue weighted by molar-refractivity contribution is 0.639. The van der Waals surface area contributed by atoms with E-state index in [9.17, 15) is 0 Å². The molecule has 0 aromatic heterocycles. The van der Waals surface area contributed by atoms with Crippen LogP contribution in [-0.4, -0.2) is 12.6 Å². The lowest BCUT2D eigenvalue weighted by Crippen LogP contribution is -2.16. The van der Waals surface area contributed by atoms with Crippen molar-refractivity contribution in [3.8, 4) is 0 Å². The van der Waals surface area contributed by atoms with Crippen molar-refractivity contribution in [2.24, 2.45) is 5.73 Å². The molecule has 0 saturated heterocycles. The molecule has 0 radical (unpaired) electrons. The molecule has 0 fully saturated rings. The standard InChI is InChI=1S/C11H17BrN2/c1-9(13)4-3-7-14-11-6-2-5-10(12)8-11/h2,5-6,8-9,14H,3-4,7,13H2,1H3. The fourth-order valence-corrected chi connectivity index (χ4v) is 1.65. The van der Waals surface area contributed by atoms with Crippen LogP contribution in [0, 0.1) is 0 Å². The average molecular weight is 257 g/mol. The third kappa shape index (κ3) is 4.63. The van der Waals surface area contributed by atoms with Crippen LogP contribution >= 0.6 is 15.9 Å². The van der Waals surface area contributed by atoms with Gasteiger partial charge in [-0.2, -0.15) is 0 Å². The van der Waals surface area contributed by atoms with Crippen LogP contribution < -0.4 is 11.1 Å². The number of anilines is 1. The zero-order valence-electron chi connectivity index (χ0n) is 8.46. The molecular formula is C11H17BrN2. The van der Waals surface area contributed by atoms with Crippen LogP contribution in [0.1, 0.15) is 19.8 Å². The van der Waals surface area contributed by atoms with Gasteiger partial charge in [-0.05, 0) is 38.0 Å². The monoisotopic (exact) mass is 256 g/mol. The molecule has 1 atom stereocenters. The van der Waals surface area contributed by atoms with Gasteiger partial charge in [-0.25, -0.2) is 0 Å². The van der Waals surface area contributed by atoms with E-state index in [1.54, 1.807) is 0 Å². The number of hydrogen-bond donors (Lipinski definition) is 2. The molecule has 0 amide bonds. The van der Waals surface area contributed by atoms with Gasteiger partial charge in [-0.1, -0.05) is 22.0 Å². The molecule has 0 aliphatic carbocycles. The summed E-state index contributed by atoms with van der Waals surface area (Å²) in [5, 5.41) is 3.36. The van der Waals surface area contributed by atoms with E-state index in [2.05, 4.69) is 33.4 Å². The molecule has 2 nitrogen and oxygen atoms in total. The molecule has 78 valence electrons. The molecule has 3 heteroatoms. The fraction of sp³-hybridized carbons (Fsp3) is 0.455. The van der Waals surface area contributed by atoms with Gasteiger partial charge in [0.15, 0.2) is 0 Å². The van der Waals surface area contributed by atoms with Crippen molar-refractivity contribution in [3.63, 3.8) is 0 Å². The largest absolute Gasteiger partial charge is 0.385 e. The highest BCUT2D eigenvalue weighted by atomic mass is 79.9. The highest BCUT2D eigenvalue weighted by molar-refractivity contribution is 9.10. The van der Waals surface area contributed by atoms with Gasteiger partial charge in [-0.3, -0.25) is 0 Å². The number of rotatable bonds is 5. The van der Waals surface area contributed by atoms with Crippen LogP contribution in [-0.2, 0) is 0 Å². The molecule has 0 heterocycles. The molecule has 1 rings (SSSR count). The number of halogens is 1. The normalized spacial score (nSPS) is 12.5. The molecular weight excluding hydrogens is 240 g/mol. The molecule has 0 saturated carbocycles. The summed E-state index contributed by atoms with van der Waals surface area (Å²) in [4.78, 5) is 0. The SMILES string of the molecule is CC(N)CCCNc1cccc(Br)c1. The van der Waals surface area contributed by atoms with Crippen LogP contribution in [0.5, 0.6) is 0 Å². The zero-order valence-corrected chi connectivity index (χ0v) is 10.0. The molecule has 0 aliphatic rings. The minimum absolute atomic E-state index is 0.305. The van der Waals surface area contributed by atoms with Gasteiger partial charge in [0.25, 0.3) is 0 Å². The van der Waals surface area contributed by atoms with E-state index in [0.29, 0.717) is 6.04 Å². The molecule has 3 N–H and O–H groups in total. The summed E-state index contributed by atoms with van der Waals surface area (Å²) >= 11 is 3.43. The van der Waals surface area contributed by atoms with Crippen LogP contribution in [0.3, 0.4) is 0 Å². The maximum Gasteiger partial charge on any atom is 0.0351 e. The predicted octanol–water partition coefficient (Wildman–Crippen LogP) is 2.99. The highest BCUT2D eigenvalue weighted by Gasteiger charge is 1.95. The lowest BCUT2D eigenvalue weighted by atomic mass is 10.2. The minimum Gasteiger partial charge on any atom is -0.385 e. The van der Waals surface area contributed by atoms with Crippen LogP contribution in [0.4, 0.5) is 5.69 Å². The first-order chi connectivity index (χ1) is 6.68. The maximum absolute atomic E-state index is 5.66. The molecule has 1 unspecified atom stereocenters. The van der Waals surface area contributed by atoms with E-state index in [0.717, 1.165) is 29.5 Å². The minimum atomic E-state index is 0.305.